The molecule has 1 atom stereocenters. The van der Waals surface area contributed by atoms with Crippen LogP contribution in [0.2, 0.25) is 0 Å². The van der Waals surface area contributed by atoms with Gasteiger partial charge in [0, 0.05) is 12.0 Å². The molecule has 0 radical (unpaired) electrons. The van der Waals surface area contributed by atoms with E-state index in [0.717, 1.165) is 5.56 Å². The van der Waals surface area contributed by atoms with E-state index >= 15 is 0 Å². The van der Waals surface area contributed by atoms with Gasteiger partial charge in [0.25, 0.3) is 0 Å². The molecule has 2 N–H and O–H groups in total. The Morgan fingerprint density at radius 2 is 1.95 bits per heavy atom. The second-order valence-corrected chi connectivity index (χ2v) is 7.93. The Balaban J connectivity index is 2.48. The molecule has 0 saturated carbocycles. The van der Waals surface area contributed by atoms with Crippen molar-refractivity contribution in [1.82, 2.24) is 0 Å². The lowest BCUT2D eigenvalue weighted by molar-refractivity contribution is 0.560. The number of hydrogen-bond donors (Lipinski definition) is 1. The Morgan fingerprint density at radius 1 is 1.32 bits per heavy atom. The zero-order valence-corrected chi connectivity index (χ0v) is 12.5. The number of nitriles is 1. The molecule has 0 aliphatic heterocycles. The van der Waals surface area contributed by atoms with Gasteiger partial charge in [0.05, 0.1) is 11.8 Å². The molecule has 0 fully saturated rings. The van der Waals surface area contributed by atoms with E-state index in [1.54, 1.807) is 0 Å². The van der Waals surface area contributed by atoms with E-state index in [1.807, 2.05) is 30.3 Å². The van der Waals surface area contributed by atoms with Crippen LogP contribution in [0.3, 0.4) is 0 Å². The lowest BCUT2D eigenvalue weighted by Crippen LogP contribution is -2.35. The van der Waals surface area contributed by atoms with E-state index in [-0.39, 0.29) is 5.75 Å². The van der Waals surface area contributed by atoms with E-state index in [9.17, 15) is 13.7 Å². The summed E-state index contributed by atoms with van der Waals surface area (Å²) < 4.78 is 22.0. The second kappa shape index (κ2) is 6.94. The molecule has 1 unspecified atom stereocenters. The molecule has 1 rings (SSSR count). The van der Waals surface area contributed by atoms with Crippen LogP contribution in [-0.4, -0.2) is 31.9 Å². The van der Waals surface area contributed by atoms with Crippen molar-refractivity contribution in [2.24, 2.45) is 5.73 Å². The Morgan fingerprint density at radius 3 is 2.47 bits per heavy atom. The fraction of sp³-hybridized carbons (Fsp3) is 0.462. The maximum atomic E-state index is 11.0. The van der Waals surface area contributed by atoms with Crippen molar-refractivity contribution in [3.63, 3.8) is 0 Å². The number of rotatable bonds is 7. The van der Waals surface area contributed by atoms with Crippen molar-refractivity contribution in [3.8, 4) is 6.07 Å². The van der Waals surface area contributed by atoms with Crippen molar-refractivity contribution >= 4 is 21.6 Å². The number of benzene rings is 1. The highest BCUT2D eigenvalue weighted by atomic mass is 32.2. The third-order valence-corrected chi connectivity index (χ3v) is 4.92. The lowest BCUT2D eigenvalue weighted by Gasteiger charge is -2.21. The van der Waals surface area contributed by atoms with Gasteiger partial charge in [-0.1, -0.05) is 30.3 Å². The SMILES string of the molecule is CS(=O)(=O)CCSCCC(N)(C#N)c1ccccc1. The molecule has 19 heavy (non-hydrogen) atoms. The number of hydrogen-bond acceptors (Lipinski definition) is 5. The summed E-state index contributed by atoms with van der Waals surface area (Å²) in [7, 11) is -2.91. The topological polar surface area (TPSA) is 83.9 Å². The first-order chi connectivity index (χ1) is 8.87. The molecule has 0 amide bonds. The number of nitrogens with zero attached hydrogens (tertiary/aromatic N) is 1. The normalized spacial score (nSPS) is 14.6. The first kappa shape index (κ1) is 16.0. The van der Waals surface area contributed by atoms with Crippen LogP contribution in [0.4, 0.5) is 0 Å². The summed E-state index contributed by atoms with van der Waals surface area (Å²) in [6.07, 6.45) is 1.72. The van der Waals surface area contributed by atoms with Gasteiger partial charge in [-0.2, -0.15) is 17.0 Å². The van der Waals surface area contributed by atoms with Crippen LogP contribution in [0, 0.1) is 11.3 Å². The number of sulfone groups is 1. The molecule has 0 aliphatic rings. The Labute approximate surface area is 118 Å². The molecule has 0 spiro atoms. The molecule has 0 heterocycles. The largest absolute Gasteiger partial charge is 0.310 e. The van der Waals surface area contributed by atoms with Crippen molar-refractivity contribution in [3.05, 3.63) is 35.9 Å². The third-order valence-electron chi connectivity index (χ3n) is 2.73. The Hall–Kier alpha value is -1.03. The van der Waals surface area contributed by atoms with Crippen LogP contribution < -0.4 is 5.73 Å². The van der Waals surface area contributed by atoms with Crippen molar-refractivity contribution < 1.29 is 8.42 Å². The highest BCUT2D eigenvalue weighted by Crippen LogP contribution is 2.23. The van der Waals surface area contributed by atoms with Crippen LogP contribution in [0.5, 0.6) is 0 Å². The summed E-state index contributed by atoms with van der Waals surface area (Å²) in [6.45, 7) is 0. The zero-order valence-electron chi connectivity index (χ0n) is 10.9. The molecule has 6 heteroatoms. The standard InChI is InChI=1S/C13H18N2O2S2/c1-19(16,17)10-9-18-8-7-13(15,11-14)12-5-3-2-4-6-12/h2-6H,7-10,15H2,1H3. The summed E-state index contributed by atoms with van der Waals surface area (Å²) in [4.78, 5) is 0. The Bertz CT molecular complexity index is 538. The molecular weight excluding hydrogens is 280 g/mol. The minimum atomic E-state index is -2.91. The summed E-state index contributed by atoms with van der Waals surface area (Å²) in [5.41, 5.74) is 5.89. The van der Waals surface area contributed by atoms with Gasteiger partial charge >= 0.3 is 0 Å². The molecule has 0 saturated heterocycles. The number of nitrogens with two attached hydrogens (primary N) is 1. The van der Waals surface area contributed by atoms with Gasteiger partial charge in [-0.05, 0) is 17.7 Å². The fourth-order valence-electron chi connectivity index (χ4n) is 1.55. The average molecular weight is 298 g/mol. The predicted octanol–water partition coefficient (Wildman–Crippen LogP) is 1.53. The monoisotopic (exact) mass is 298 g/mol. The summed E-state index contributed by atoms with van der Waals surface area (Å²) in [5, 5.41) is 9.24. The first-order valence-electron chi connectivity index (χ1n) is 5.88. The van der Waals surface area contributed by atoms with Gasteiger partial charge in [0.15, 0.2) is 0 Å². The average Bonchev–Trinajstić information content (AvgIpc) is 2.38. The summed E-state index contributed by atoms with van der Waals surface area (Å²) >= 11 is 1.51. The maximum absolute atomic E-state index is 11.0. The molecule has 0 bridgehead atoms. The van der Waals surface area contributed by atoms with E-state index in [0.29, 0.717) is 17.9 Å². The van der Waals surface area contributed by atoms with E-state index in [1.165, 1.54) is 18.0 Å². The van der Waals surface area contributed by atoms with Gasteiger partial charge in [-0.3, -0.25) is 0 Å². The summed E-state index contributed by atoms with van der Waals surface area (Å²) in [5.74, 6) is 1.36. The van der Waals surface area contributed by atoms with Crippen LogP contribution in [-0.2, 0) is 15.4 Å². The zero-order chi connectivity index (χ0) is 14.4. The lowest BCUT2D eigenvalue weighted by atomic mass is 9.90. The van der Waals surface area contributed by atoms with Gasteiger partial charge in [0.2, 0.25) is 0 Å². The molecule has 4 nitrogen and oxygen atoms in total. The molecule has 1 aromatic rings. The van der Waals surface area contributed by atoms with Crippen molar-refractivity contribution in [2.75, 3.05) is 23.5 Å². The fourth-order valence-corrected chi connectivity index (χ4v) is 3.90. The van der Waals surface area contributed by atoms with E-state index in [2.05, 4.69) is 6.07 Å². The van der Waals surface area contributed by atoms with Gasteiger partial charge < -0.3 is 5.73 Å². The molecule has 0 aliphatic carbocycles. The van der Waals surface area contributed by atoms with E-state index < -0.39 is 15.4 Å². The van der Waals surface area contributed by atoms with Gasteiger partial charge in [-0.15, -0.1) is 0 Å². The Kier molecular flexibility index (Phi) is 5.85. The summed E-state index contributed by atoms with van der Waals surface area (Å²) in [6, 6.07) is 11.4. The van der Waals surface area contributed by atoms with Crippen LogP contribution in [0.1, 0.15) is 12.0 Å². The quantitative estimate of drug-likeness (QED) is 0.772. The predicted molar refractivity (Wildman–Crippen MR) is 79.6 cm³/mol. The van der Waals surface area contributed by atoms with Crippen molar-refractivity contribution in [2.45, 2.75) is 12.0 Å². The molecular formula is C13H18N2O2S2. The molecule has 0 aromatic heterocycles. The highest BCUT2D eigenvalue weighted by molar-refractivity contribution is 8.00. The maximum Gasteiger partial charge on any atom is 0.148 e. The first-order valence-corrected chi connectivity index (χ1v) is 9.10. The minimum absolute atomic E-state index is 0.160. The minimum Gasteiger partial charge on any atom is -0.310 e. The molecule has 104 valence electrons. The van der Waals surface area contributed by atoms with Crippen molar-refractivity contribution in [1.29, 1.82) is 5.26 Å². The number of thioether (sulfide) groups is 1. The molecule has 1 aromatic carbocycles. The van der Waals surface area contributed by atoms with E-state index in [4.69, 9.17) is 5.73 Å². The third kappa shape index (κ3) is 5.64. The van der Waals surface area contributed by atoms with Gasteiger partial charge in [-0.25, -0.2) is 8.42 Å². The second-order valence-electron chi connectivity index (χ2n) is 4.44. The van der Waals surface area contributed by atoms with Crippen LogP contribution >= 0.6 is 11.8 Å². The smallest absolute Gasteiger partial charge is 0.148 e. The van der Waals surface area contributed by atoms with Gasteiger partial charge in [0.1, 0.15) is 15.4 Å². The van der Waals surface area contributed by atoms with Crippen LogP contribution in [0.15, 0.2) is 30.3 Å². The van der Waals surface area contributed by atoms with Crippen LogP contribution in [0.25, 0.3) is 0 Å². The highest BCUT2D eigenvalue weighted by Gasteiger charge is 2.26.